The molecule has 1 aliphatic heterocycles. The third-order valence-corrected chi connectivity index (χ3v) is 11.2. The number of methoxy groups -OCH3 is 1. The van der Waals surface area contributed by atoms with E-state index >= 15 is 0 Å². The smallest absolute Gasteiger partial charge is 0.338 e. The Morgan fingerprint density at radius 1 is 0.800 bits per heavy atom. The van der Waals surface area contributed by atoms with Crippen LogP contribution in [0.3, 0.4) is 0 Å². The van der Waals surface area contributed by atoms with E-state index in [1.165, 1.54) is 7.11 Å². The lowest BCUT2D eigenvalue weighted by molar-refractivity contribution is -0.281. The standard InChI is InChI=1S/C27H36O7Si/c1-18-21(32-24(28)19-14-10-8-11-15-19)22(34-35(6,7)27(2,3)4)23(26(30-5)31-18)33-25(29)20-16-12-9-13-17-20/h8-18,21-23,26H,1-7H3/t18-,21-,22-,23-,26+/m1/s1. The number of esters is 2. The average Bonchev–Trinajstić information content (AvgIpc) is 2.82. The van der Waals surface area contributed by atoms with Crippen LogP contribution < -0.4 is 0 Å². The molecule has 5 atom stereocenters. The molecule has 35 heavy (non-hydrogen) atoms. The zero-order valence-corrected chi connectivity index (χ0v) is 22.5. The van der Waals surface area contributed by atoms with Crippen LogP contribution in [0.4, 0.5) is 0 Å². The van der Waals surface area contributed by atoms with Gasteiger partial charge in [-0.3, -0.25) is 0 Å². The fraction of sp³-hybridized carbons (Fsp3) is 0.481. The summed E-state index contributed by atoms with van der Waals surface area (Å²) in [4.78, 5) is 26.0. The van der Waals surface area contributed by atoms with Crippen molar-refractivity contribution in [3.63, 3.8) is 0 Å². The number of benzene rings is 2. The van der Waals surface area contributed by atoms with Crippen molar-refractivity contribution in [2.45, 2.75) is 76.5 Å². The zero-order chi connectivity index (χ0) is 25.8. The van der Waals surface area contributed by atoms with Gasteiger partial charge in [0.2, 0.25) is 0 Å². The van der Waals surface area contributed by atoms with Gasteiger partial charge in [0.05, 0.1) is 17.2 Å². The molecule has 0 aromatic heterocycles. The predicted octanol–water partition coefficient (Wildman–Crippen LogP) is 5.22. The molecule has 0 aliphatic carbocycles. The summed E-state index contributed by atoms with van der Waals surface area (Å²) >= 11 is 0. The first-order valence-corrected chi connectivity index (χ1v) is 14.7. The highest BCUT2D eigenvalue weighted by molar-refractivity contribution is 6.74. The molecule has 190 valence electrons. The lowest BCUT2D eigenvalue weighted by atomic mass is 9.99. The number of hydrogen-bond acceptors (Lipinski definition) is 7. The highest BCUT2D eigenvalue weighted by Crippen LogP contribution is 2.40. The SMILES string of the molecule is CO[C@H]1O[C@H](C)[C@@H](OC(=O)c2ccccc2)[C@@H](O[Si](C)(C)C(C)(C)C)[C@H]1OC(=O)c1ccccc1. The fourth-order valence-electron chi connectivity index (χ4n) is 3.63. The predicted molar refractivity (Wildman–Crippen MR) is 135 cm³/mol. The Hall–Kier alpha value is -2.52. The third kappa shape index (κ3) is 6.38. The minimum absolute atomic E-state index is 0.140. The Morgan fingerprint density at radius 2 is 1.26 bits per heavy atom. The normalized spacial score (nSPS) is 25.1. The van der Waals surface area contributed by atoms with E-state index in [9.17, 15) is 9.59 Å². The first-order valence-electron chi connectivity index (χ1n) is 11.8. The Bertz CT molecular complexity index is 988. The molecule has 3 rings (SSSR count). The second-order valence-electron chi connectivity index (χ2n) is 10.3. The van der Waals surface area contributed by atoms with Crippen molar-refractivity contribution in [1.82, 2.24) is 0 Å². The number of rotatable bonds is 7. The first-order chi connectivity index (χ1) is 16.4. The van der Waals surface area contributed by atoms with Gasteiger partial charge >= 0.3 is 11.9 Å². The Morgan fingerprint density at radius 3 is 1.69 bits per heavy atom. The lowest BCUT2D eigenvalue weighted by Gasteiger charge is -2.48. The summed E-state index contributed by atoms with van der Waals surface area (Å²) < 4.78 is 30.3. The molecule has 0 saturated carbocycles. The van der Waals surface area contributed by atoms with E-state index in [-0.39, 0.29) is 5.04 Å². The highest BCUT2D eigenvalue weighted by atomic mass is 28.4. The maximum Gasteiger partial charge on any atom is 0.338 e. The fourth-order valence-corrected chi connectivity index (χ4v) is 4.94. The summed E-state index contributed by atoms with van der Waals surface area (Å²) in [5, 5.41) is -0.140. The highest BCUT2D eigenvalue weighted by Gasteiger charge is 2.53. The molecule has 0 unspecified atom stereocenters. The second-order valence-corrected chi connectivity index (χ2v) is 15.0. The maximum absolute atomic E-state index is 13.0. The lowest BCUT2D eigenvalue weighted by Crippen LogP contribution is -2.63. The molecule has 7 nitrogen and oxygen atoms in total. The van der Waals surface area contributed by atoms with Crippen LogP contribution >= 0.6 is 0 Å². The van der Waals surface area contributed by atoms with Crippen LogP contribution in [0.15, 0.2) is 60.7 Å². The third-order valence-electron chi connectivity index (χ3n) is 6.70. The number of ether oxygens (including phenoxy) is 4. The summed E-state index contributed by atoms with van der Waals surface area (Å²) in [7, 11) is -0.916. The van der Waals surface area contributed by atoms with Crippen LogP contribution in [0.25, 0.3) is 0 Å². The Kier molecular flexibility index (Phi) is 8.53. The van der Waals surface area contributed by atoms with Gasteiger partial charge < -0.3 is 23.4 Å². The van der Waals surface area contributed by atoms with Gasteiger partial charge in [0.15, 0.2) is 26.8 Å². The van der Waals surface area contributed by atoms with Crippen molar-refractivity contribution in [1.29, 1.82) is 0 Å². The van der Waals surface area contributed by atoms with Crippen molar-refractivity contribution in [3.8, 4) is 0 Å². The zero-order valence-electron chi connectivity index (χ0n) is 21.5. The van der Waals surface area contributed by atoms with Gasteiger partial charge in [-0.05, 0) is 49.3 Å². The van der Waals surface area contributed by atoms with E-state index in [1.54, 1.807) is 55.5 Å². The summed E-state index contributed by atoms with van der Waals surface area (Å²) in [5.74, 6) is -1.04. The summed E-state index contributed by atoms with van der Waals surface area (Å²) in [6.45, 7) is 12.3. The summed E-state index contributed by atoms with van der Waals surface area (Å²) in [6.07, 6.45) is -4.01. The van der Waals surface area contributed by atoms with Gasteiger partial charge in [-0.25, -0.2) is 9.59 Å². The van der Waals surface area contributed by atoms with Crippen LogP contribution in [0.1, 0.15) is 48.4 Å². The molecule has 1 aliphatic rings. The van der Waals surface area contributed by atoms with Gasteiger partial charge in [-0.2, -0.15) is 0 Å². The van der Waals surface area contributed by atoms with Crippen LogP contribution in [-0.4, -0.2) is 58.1 Å². The number of carbonyl (C=O) groups is 2. The van der Waals surface area contributed by atoms with Crippen molar-refractivity contribution in [2.75, 3.05) is 7.11 Å². The van der Waals surface area contributed by atoms with E-state index in [4.69, 9.17) is 23.4 Å². The molecular formula is C27H36O7Si. The van der Waals surface area contributed by atoms with E-state index < -0.39 is 51.0 Å². The van der Waals surface area contributed by atoms with Gasteiger partial charge in [0.1, 0.15) is 6.10 Å². The van der Waals surface area contributed by atoms with Gasteiger partial charge in [-0.15, -0.1) is 0 Å². The molecule has 8 heteroatoms. The summed E-state index contributed by atoms with van der Waals surface area (Å²) in [6, 6.07) is 17.4. The molecule has 0 spiro atoms. The van der Waals surface area contributed by atoms with Crippen molar-refractivity contribution in [2.24, 2.45) is 0 Å². The molecule has 2 aromatic rings. The number of carbonyl (C=O) groups excluding carboxylic acids is 2. The monoisotopic (exact) mass is 500 g/mol. The average molecular weight is 501 g/mol. The van der Waals surface area contributed by atoms with Crippen molar-refractivity contribution < 1.29 is 33.0 Å². The maximum atomic E-state index is 13.0. The van der Waals surface area contributed by atoms with Crippen molar-refractivity contribution >= 4 is 20.3 Å². The minimum Gasteiger partial charge on any atom is -0.453 e. The van der Waals surface area contributed by atoms with Gasteiger partial charge in [0.25, 0.3) is 0 Å². The van der Waals surface area contributed by atoms with Crippen LogP contribution in [-0.2, 0) is 23.4 Å². The summed E-state index contributed by atoms with van der Waals surface area (Å²) in [5.41, 5.74) is 0.808. The molecule has 1 heterocycles. The van der Waals surface area contributed by atoms with Crippen LogP contribution in [0, 0.1) is 0 Å². The Balaban J connectivity index is 1.98. The quantitative estimate of drug-likeness (QED) is 0.381. The molecule has 0 bridgehead atoms. The van der Waals surface area contributed by atoms with Crippen LogP contribution in [0.2, 0.25) is 18.1 Å². The Labute approximate surface area is 208 Å². The molecular weight excluding hydrogens is 464 g/mol. The molecule has 1 saturated heterocycles. The number of hydrogen-bond donors (Lipinski definition) is 0. The van der Waals surface area contributed by atoms with E-state index in [0.717, 1.165) is 0 Å². The second kappa shape index (κ2) is 11.0. The van der Waals surface area contributed by atoms with Gasteiger partial charge in [0, 0.05) is 7.11 Å². The topological polar surface area (TPSA) is 80.3 Å². The van der Waals surface area contributed by atoms with Crippen molar-refractivity contribution in [3.05, 3.63) is 71.8 Å². The minimum atomic E-state index is -2.40. The molecule has 2 aromatic carbocycles. The molecule has 0 N–H and O–H groups in total. The molecule has 0 radical (unpaired) electrons. The van der Waals surface area contributed by atoms with E-state index in [1.807, 2.05) is 12.1 Å². The van der Waals surface area contributed by atoms with Gasteiger partial charge in [-0.1, -0.05) is 57.2 Å². The molecule has 0 amide bonds. The molecule has 1 fully saturated rings. The van der Waals surface area contributed by atoms with E-state index in [2.05, 4.69) is 33.9 Å². The first kappa shape index (κ1) is 27.1. The largest absolute Gasteiger partial charge is 0.453 e. The van der Waals surface area contributed by atoms with Crippen LogP contribution in [0.5, 0.6) is 0 Å². The van der Waals surface area contributed by atoms with E-state index in [0.29, 0.717) is 11.1 Å².